The Morgan fingerprint density at radius 2 is 1.96 bits per heavy atom. The van der Waals surface area contributed by atoms with Crippen molar-refractivity contribution in [3.05, 3.63) is 69.2 Å². The van der Waals surface area contributed by atoms with Gasteiger partial charge in [0.15, 0.2) is 0 Å². The Bertz CT molecular complexity index is 734. The number of non-ortho nitro benzene ring substituents is 1. The van der Waals surface area contributed by atoms with Crippen LogP contribution in [0.15, 0.2) is 48.5 Å². The maximum absolute atomic E-state index is 12.3. The van der Waals surface area contributed by atoms with Crippen LogP contribution >= 0.6 is 11.6 Å². The molecule has 0 saturated carbocycles. The molecule has 1 amide bonds. The molecule has 0 radical (unpaired) electrons. The topological polar surface area (TPSA) is 75.5 Å². The molecule has 0 saturated heterocycles. The molecule has 0 spiro atoms. The van der Waals surface area contributed by atoms with Gasteiger partial charge in [0, 0.05) is 29.4 Å². The lowest BCUT2D eigenvalue weighted by Crippen LogP contribution is -2.39. The molecule has 0 aliphatic carbocycles. The third-order valence-electron chi connectivity index (χ3n) is 3.71. The van der Waals surface area contributed by atoms with Gasteiger partial charge in [-0.05, 0) is 43.8 Å². The van der Waals surface area contributed by atoms with E-state index in [0.29, 0.717) is 17.3 Å². The number of nitro benzene ring substituents is 1. The van der Waals surface area contributed by atoms with Gasteiger partial charge in [-0.3, -0.25) is 19.8 Å². The standard InChI is InChI=1S/C17H18ClN3O3/c1-12(20(2)11-13-4-3-5-14(18)10-13)17(22)19-15-6-8-16(9-7-15)21(23)24/h3-10,12H,11H2,1-2H3,(H,19,22). The number of benzene rings is 2. The van der Waals surface area contributed by atoms with Crippen LogP contribution in [0.1, 0.15) is 12.5 Å². The third-order valence-corrected chi connectivity index (χ3v) is 3.94. The Kier molecular flexibility index (Phi) is 5.89. The van der Waals surface area contributed by atoms with Crippen molar-refractivity contribution in [2.75, 3.05) is 12.4 Å². The van der Waals surface area contributed by atoms with Crippen LogP contribution in [0.25, 0.3) is 0 Å². The second-order valence-electron chi connectivity index (χ2n) is 5.51. The lowest BCUT2D eigenvalue weighted by atomic mass is 10.2. The number of hydrogen-bond donors (Lipinski definition) is 1. The van der Waals surface area contributed by atoms with E-state index in [2.05, 4.69) is 5.32 Å². The van der Waals surface area contributed by atoms with Crippen molar-refractivity contribution in [1.29, 1.82) is 0 Å². The first-order valence-corrected chi connectivity index (χ1v) is 7.74. The monoisotopic (exact) mass is 347 g/mol. The second kappa shape index (κ2) is 7.90. The molecule has 2 aromatic carbocycles. The highest BCUT2D eigenvalue weighted by atomic mass is 35.5. The molecule has 0 aliphatic rings. The van der Waals surface area contributed by atoms with E-state index in [4.69, 9.17) is 11.6 Å². The molecule has 0 aromatic heterocycles. The lowest BCUT2D eigenvalue weighted by Gasteiger charge is -2.24. The molecular weight excluding hydrogens is 330 g/mol. The van der Waals surface area contributed by atoms with E-state index in [1.54, 1.807) is 13.0 Å². The number of carbonyl (C=O) groups is 1. The summed E-state index contributed by atoms with van der Waals surface area (Å²) < 4.78 is 0. The predicted molar refractivity (Wildman–Crippen MR) is 94.1 cm³/mol. The van der Waals surface area contributed by atoms with Gasteiger partial charge in [0.25, 0.3) is 5.69 Å². The number of nitrogens with one attached hydrogen (secondary N) is 1. The van der Waals surface area contributed by atoms with Gasteiger partial charge < -0.3 is 5.32 Å². The first kappa shape index (κ1) is 17.9. The first-order valence-electron chi connectivity index (χ1n) is 7.37. The molecule has 2 aromatic rings. The van der Waals surface area contributed by atoms with Crippen LogP contribution in [0, 0.1) is 10.1 Å². The molecule has 126 valence electrons. The van der Waals surface area contributed by atoms with Crippen molar-refractivity contribution in [2.24, 2.45) is 0 Å². The van der Waals surface area contributed by atoms with E-state index in [1.807, 2.05) is 30.1 Å². The molecule has 2 rings (SSSR count). The fourth-order valence-electron chi connectivity index (χ4n) is 2.17. The van der Waals surface area contributed by atoms with Gasteiger partial charge in [-0.1, -0.05) is 23.7 Å². The number of hydrogen-bond acceptors (Lipinski definition) is 4. The Morgan fingerprint density at radius 3 is 2.54 bits per heavy atom. The van der Waals surface area contributed by atoms with E-state index in [1.165, 1.54) is 24.3 Å². The van der Waals surface area contributed by atoms with Crippen molar-refractivity contribution in [2.45, 2.75) is 19.5 Å². The van der Waals surface area contributed by atoms with Crippen molar-refractivity contribution >= 4 is 28.9 Å². The molecule has 6 nitrogen and oxygen atoms in total. The summed E-state index contributed by atoms with van der Waals surface area (Å²) in [4.78, 5) is 24.4. The maximum atomic E-state index is 12.3. The van der Waals surface area contributed by atoms with Gasteiger partial charge >= 0.3 is 0 Å². The fourth-order valence-corrected chi connectivity index (χ4v) is 2.39. The number of carbonyl (C=O) groups excluding carboxylic acids is 1. The average molecular weight is 348 g/mol. The van der Waals surface area contributed by atoms with Crippen molar-refractivity contribution in [1.82, 2.24) is 4.90 Å². The van der Waals surface area contributed by atoms with Crippen LogP contribution in [-0.4, -0.2) is 28.8 Å². The Labute approximate surface area is 145 Å². The zero-order chi connectivity index (χ0) is 17.7. The minimum atomic E-state index is -0.479. The highest BCUT2D eigenvalue weighted by Gasteiger charge is 2.18. The van der Waals surface area contributed by atoms with Crippen LogP contribution in [0.5, 0.6) is 0 Å². The maximum Gasteiger partial charge on any atom is 0.269 e. The summed E-state index contributed by atoms with van der Waals surface area (Å²) in [5.74, 6) is -0.187. The molecule has 24 heavy (non-hydrogen) atoms. The van der Waals surface area contributed by atoms with Gasteiger partial charge in [-0.2, -0.15) is 0 Å². The summed E-state index contributed by atoms with van der Waals surface area (Å²) in [5.41, 5.74) is 1.52. The van der Waals surface area contributed by atoms with Gasteiger partial charge in [-0.15, -0.1) is 0 Å². The summed E-state index contributed by atoms with van der Waals surface area (Å²) in [6.45, 7) is 2.38. The summed E-state index contributed by atoms with van der Waals surface area (Å²) in [5, 5.41) is 14.0. The molecule has 0 fully saturated rings. The van der Waals surface area contributed by atoms with Crippen LogP contribution in [0.2, 0.25) is 5.02 Å². The molecule has 0 heterocycles. The van der Waals surface area contributed by atoms with E-state index < -0.39 is 4.92 Å². The number of nitro groups is 1. The van der Waals surface area contributed by atoms with E-state index in [9.17, 15) is 14.9 Å². The van der Waals surface area contributed by atoms with Gasteiger partial charge in [0.1, 0.15) is 0 Å². The Morgan fingerprint density at radius 1 is 1.29 bits per heavy atom. The number of rotatable bonds is 6. The van der Waals surface area contributed by atoms with Crippen LogP contribution < -0.4 is 5.32 Å². The summed E-state index contributed by atoms with van der Waals surface area (Å²) in [6, 6.07) is 12.8. The molecule has 1 N–H and O–H groups in total. The van der Waals surface area contributed by atoms with Gasteiger partial charge in [-0.25, -0.2) is 0 Å². The normalized spacial score (nSPS) is 12.0. The van der Waals surface area contributed by atoms with Crippen molar-refractivity contribution in [3.8, 4) is 0 Å². The molecule has 7 heteroatoms. The minimum absolute atomic E-state index is 0.0147. The van der Waals surface area contributed by atoms with E-state index >= 15 is 0 Å². The van der Waals surface area contributed by atoms with Crippen LogP contribution in [0.3, 0.4) is 0 Å². The Balaban J connectivity index is 1.96. The summed E-state index contributed by atoms with van der Waals surface area (Å²) >= 11 is 5.97. The SMILES string of the molecule is CC(C(=O)Nc1ccc([N+](=O)[O-])cc1)N(C)Cc1cccc(Cl)c1. The van der Waals surface area contributed by atoms with Crippen molar-refractivity contribution < 1.29 is 9.72 Å². The Hall–Kier alpha value is -2.44. The van der Waals surface area contributed by atoms with Gasteiger partial charge in [0.2, 0.25) is 5.91 Å². The third kappa shape index (κ3) is 4.78. The molecule has 1 unspecified atom stereocenters. The second-order valence-corrected chi connectivity index (χ2v) is 5.95. The smallest absolute Gasteiger partial charge is 0.269 e. The highest BCUT2D eigenvalue weighted by molar-refractivity contribution is 6.30. The average Bonchev–Trinajstić information content (AvgIpc) is 2.54. The van der Waals surface area contributed by atoms with Crippen molar-refractivity contribution in [3.63, 3.8) is 0 Å². The van der Waals surface area contributed by atoms with E-state index in [0.717, 1.165) is 5.56 Å². The van der Waals surface area contributed by atoms with Crippen LogP contribution in [-0.2, 0) is 11.3 Å². The zero-order valence-electron chi connectivity index (χ0n) is 13.4. The first-order chi connectivity index (χ1) is 11.4. The number of halogens is 1. The molecule has 0 bridgehead atoms. The zero-order valence-corrected chi connectivity index (χ0v) is 14.2. The summed E-state index contributed by atoms with van der Waals surface area (Å²) in [7, 11) is 1.85. The molecule has 1 atom stereocenters. The number of anilines is 1. The molecular formula is C17H18ClN3O3. The largest absolute Gasteiger partial charge is 0.325 e. The highest BCUT2D eigenvalue weighted by Crippen LogP contribution is 2.17. The van der Waals surface area contributed by atoms with Gasteiger partial charge in [0.05, 0.1) is 11.0 Å². The number of likely N-dealkylation sites (N-methyl/N-ethyl adjacent to an activating group) is 1. The summed E-state index contributed by atoms with van der Waals surface area (Å²) in [6.07, 6.45) is 0. The quantitative estimate of drug-likeness (QED) is 0.638. The lowest BCUT2D eigenvalue weighted by molar-refractivity contribution is -0.384. The fraction of sp³-hybridized carbons (Fsp3) is 0.235. The number of amides is 1. The predicted octanol–water partition coefficient (Wildman–Crippen LogP) is 3.71. The number of nitrogens with zero attached hydrogens (tertiary/aromatic N) is 2. The molecule has 0 aliphatic heterocycles. The van der Waals surface area contributed by atoms with Crippen LogP contribution in [0.4, 0.5) is 11.4 Å². The van der Waals surface area contributed by atoms with E-state index in [-0.39, 0.29) is 17.6 Å². The minimum Gasteiger partial charge on any atom is -0.325 e.